The number of imide groups is 2. The van der Waals surface area contributed by atoms with Crippen LogP contribution in [0.3, 0.4) is 0 Å². The Morgan fingerprint density at radius 1 is 0.836 bits per heavy atom. The summed E-state index contributed by atoms with van der Waals surface area (Å²) in [6.45, 7) is 5.19. The van der Waals surface area contributed by atoms with E-state index in [0.717, 1.165) is 21.7 Å². The zero-order chi connectivity index (χ0) is 47.8. The van der Waals surface area contributed by atoms with Gasteiger partial charge in [-0.15, -0.1) is 0 Å². The van der Waals surface area contributed by atoms with Crippen LogP contribution in [0.25, 0.3) is 22.4 Å². The number of piperidine rings is 1. The van der Waals surface area contributed by atoms with Gasteiger partial charge in [0, 0.05) is 48.4 Å². The molecule has 7 rings (SSSR count). The minimum absolute atomic E-state index is 0.0300. The number of carbonyl (C=O) groups is 6. The van der Waals surface area contributed by atoms with Gasteiger partial charge in [-0.1, -0.05) is 62.4 Å². The van der Waals surface area contributed by atoms with Crippen molar-refractivity contribution < 1.29 is 58.0 Å². The molecule has 2 aliphatic heterocycles. The number of hydrogen-bond donors (Lipinski definition) is 5. The number of nitrogens with zero attached hydrogens (tertiary/aromatic N) is 2. The highest BCUT2D eigenvalue weighted by molar-refractivity contribution is 6.25. The van der Waals surface area contributed by atoms with Crippen LogP contribution in [0.5, 0.6) is 5.75 Å². The molecule has 15 nitrogen and oxygen atoms in total. The third kappa shape index (κ3) is 11.2. The van der Waals surface area contributed by atoms with Gasteiger partial charge in [0.05, 0.1) is 48.7 Å². The van der Waals surface area contributed by atoms with E-state index in [2.05, 4.69) is 10.6 Å². The number of ketones is 1. The molecule has 2 aliphatic rings. The van der Waals surface area contributed by atoms with E-state index >= 15 is 0 Å². The number of fused-ring (bicyclic) bond motifs is 1. The summed E-state index contributed by atoms with van der Waals surface area (Å²) >= 11 is 0. The molecule has 3 atom stereocenters. The lowest BCUT2D eigenvalue weighted by Crippen LogP contribution is -2.54. The van der Waals surface area contributed by atoms with Crippen LogP contribution in [0, 0.1) is 5.82 Å². The van der Waals surface area contributed by atoms with E-state index in [1.807, 2.05) is 60.9 Å². The molecule has 0 spiro atoms. The molecule has 1 fully saturated rings. The van der Waals surface area contributed by atoms with E-state index in [4.69, 9.17) is 14.6 Å². The standard InChI is InChI=1S/C51H53FN4O11/c1-30(2)47-46(44(32-7-4-3-5-8-32)48(33-13-15-34(52)16-14-33)55(47)23-21-35(57)28-36(58)29-43(61)62)41(59)27-31-11-17-37(18-12-31)67-26-25-66-24-22-53-39-10-6-9-38-45(39)51(65)56(50(38)64)40-19-20-42(60)54-49(40)63/h3-18,30,35-36,40,53,57-58H,19-29H2,1-2H3,(H,61,62)(H,54,60,63)/t35-,36-,40?/m1/s1. The molecule has 4 amide bonds. The van der Waals surface area contributed by atoms with Crippen molar-refractivity contribution >= 4 is 41.1 Å². The summed E-state index contributed by atoms with van der Waals surface area (Å²) < 4.78 is 28.0. The molecular weight excluding hydrogens is 864 g/mol. The average Bonchev–Trinajstić information content (AvgIpc) is 3.77. The number of aliphatic carboxylic acids is 1. The van der Waals surface area contributed by atoms with Gasteiger partial charge in [0.15, 0.2) is 5.78 Å². The van der Waals surface area contributed by atoms with Crippen LogP contribution < -0.4 is 15.4 Å². The first kappa shape index (κ1) is 47.9. The van der Waals surface area contributed by atoms with E-state index in [1.54, 1.807) is 36.4 Å². The lowest BCUT2D eigenvalue weighted by Gasteiger charge is -2.27. The fourth-order valence-corrected chi connectivity index (χ4v) is 8.76. The molecule has 1 unspecified atom stereocenters. The maximum Gasteiger partial charge on any atom is 0.305 e. The van der Waals surface area contributed by atoms with Crippen molar-refractivity contribution in [1.29, 1.82) is 0 Å². The predicted molar refractivity (Wildman–Crippen MR) is 245 cm³/mol. The van der Waals surface area contributed by atoms with E-state index in [9.17, 15) is 43.4 Å². The highest BCUT2D eigenvalue weighted by Gasteiger charge is 2.45. The lowest BCUT2D eigenvalue weighted by molar-refractivity contribution is -0.140. The van der Waals surface area contributed by atoms with Gasteiger partial charge >= 0.3 is 5.97 Å². The maximum absolute atomic E-state index is 14.7. The van der Waals surface area contributed by atoms with Crippen molar-refractivity contribution in [2.24, 2.45) is 0 Å². The third-order valence-corrected chi connectivity index (χ3v) is 11.8. The summed E-state index contributed by atoms with van der Waals surface area (Å²) in [4.78, 5) is 77.4. The molecule has 0 saturated carbocycles. The summed E-state index contributed by atoms with van der Waals surface area (Å²) in [6.07, 6.45) is -2.61. The second-order valence-electron chi connectivity index (χ2n) is 16.9. The Kier molecular flexibility index (Phi) is 15.4. The van der Waals surface area contributed by atoms with Crippen molar-refractivity contribution in [2.75, 3.05) is 31.7 Å². The van der Waals surface area contributed by atoms with Gasteiger partial charge in [-0.3, -0.25) is 39.0 Å². The summed E-state index contributed by atoms with van der Waals surface area (Å²) in [5.74, 6) is -3.67. The predicted octanol–water partition coefficient (Wildman–Crippen LogP) is 6.40. The number of hydrogen-bond acceptors (Lipinski definition) is 11. The highest BCUT2D eigenvalue weighted by Crippen LogP contribution is 2.43. The van der Waals surface area contributed by atoms with Gasteiger partial charge in [-0.05, 0) is 90.4 Å². The SMILES string of the molecule is CC(C)c1c(C(=O)Cc2ccc(OCCOCCNc3cccc4c3C(=O)N(C3CCC(=O)NC3=O)C4=O)cc2)c(-c2ccccc2)c(-c2ccc(F)cc2)n1CC[C@@H](O)C[C@@H](O)CC(=O)O. The molecule has 350 valence electrons. The zero-order valence-corrected chi connectivity index (χ0v) is 37.2. The normalized spacial score (nSPS) is 15.7. The van der Waals surface area contributed by atoms with Crippen molar-refractivity contribution in [1.82, 2.24) is 14.8 Å². The second kappa shape index (κ2) is 21.5. The lowest BCUT2D eigenvalue weighted by atomic mass is 9.90. The molecule has 0 aliphatic carbocycles. The van der Waals surface area contributed by atoms with Crippen LogP contribution in [0.4, 0.5) is 10.1 Å². The number of halogens is 1. The Balaban J connectivity index is 0.992. The van der Waals surface area contributed by atoms with Gasteiger partial charge < -0.3 is 34.7 Å². The molecule has 1 aromatic heterocycles. The molecule has 0 bridgehead atoms. The number of carbonyl (C=O) groups excluding carboxylic acids is 5. The quantitative estimate of drug-likeness (QED) is 0.0290. The number of carboxylic acids is 1. The first-order valence-corrected chi connectivity index (χ1v) is 22.3. The third-order valence-electron chi connectivity index (χ3n) is 11.8. The van der Waals surface area contributed by atoms with Crippen molar-refractivity contribution in [3.63, 3.8) is 0 Å². The fraction of sp³-hybridized carbons (Fsp3) is 0.333. The fourth-order valence-electron chi connectivity index (χ4n) is 8.76. The number of benzene rings is 4. The molecule has 1 saturated heterocycles. The van der Waals surface area contributed by atoms with Gasteiger partial charge in [-0.25, -0.2) is 4.39 Å². The topological polar surface area (TPSA) is 214 Å². The van der Waals surface area contributed by atoms with Crippen molar-refractivity contribution in [3.05, 3.63) is 131 Å². The smallest absolute Gasteiger partial charge is 0.305 e. The molecule has 5 N–H and O–H groups in total. The first-order chi connectivity index (χ1) is 32.2. The van der Waals surface area contributed by atoms with Crippen molar-refractivity contribution in [2.45, 2.75) is 83.1 Å². The monoisotopic (exact) mass is 916 g/mol. The largest absolute Gasteiger partial charge is 0.491 e. The molecule has 67 heavy (non-hydrogen) atoms. The van der Waals surface area contributed by atoms with Crippen LogP contribution >= 0.6 is 0 Å². The number of rotatable bonds is 22. The summed E-state index contributed by atoms with van der Waals surface area (Å²) in [6, 6.07) is 26.4. The van der Waals surface area contributed by atoms with Crippen LogP contribution in [-0.4, -0.2) is 105 Å². The van der Waals surface area contributed by atoms with E-state index in [0.29, 0.717) is 40.4 Å². The molecule has 4 aromatic carbocycles. The number of amides is 4. The second-order valence-corrected chi connectivity index (χ2v) is 16.9. The number of ether oxygens (including phenoxy) is 2. The Bertz CT molecular complexity index is 2630. The van der Waals surface area contributed by atoms with Gasteiger partial charge in [0.2, 0.25) is 11.8 Å². The molecule has 16 heteroatoms. The summed E-state index contributed by atoms with van der Waals surface area (Å²) in [5.41, 5.74) is 5.51. The summed E-state index contributed by atoms with van der Waals surface area (Å²) in [5, 5.41) is 35.6. The number of Topliss-reactive ketones (excluding diaryl/α,β-unsaturated/α-hetero) is 1. The Hall–Kier alpha value is -7.01. The summed E-state index contributed by atoms with van der Waals surface area (Å²) in [7, 11) is 0. The van der Waals surface area contributed by atoms with Crippen molar-refractivity contribution in [3.8, 4) is 28.1 Å². The highest BCUT2D eigenvalue weighted by atomic mass is 19.1. The van der Waals surface area contributed by atoms with Crippen LogP contribution in [-0.2, 0) is 32.1 Å². The number of nitrogens with one attached hydrogen (secondary N) is 2. The Labute approximate surface area is 386 Å². The minimum Gasteiger partial charge on any atom is -0.491 e. The number of aromatic nitrogens is 1. The minimum atomic E-state index is -1.23. The van der Waals surface area contributed by atoms with Crippen LogP contribution in [0.15, 0.2) is 97.1 Å². The number of anilines is 1. The number of aliphatic hydroxyl groups is 2. The molecular formula is C51H53FN4O11. The molecule has 3 heterocycles. The van der Waals surface area contributed by atoms with Crippen LogP contribution in [0.1, 0.15) is 94.2 Å². The van der Waals surface area contributed by atoms with E-state index in [1.165, 1.54) is 18.2 Å². The number of aliphatic hydroxyl groups excluding tert-OH is 2. The van der Waals surface area contributed by atoms with Gasteiger partial charge in [0.25, 0.3) is 11.8 Å². The number of carboxylic acid groups (broad SMARTS) is 1. The zero-order valence-electron chi connectivity index (χ0n) is 37.2. The Morgan fingerprint density at radius 3 is 2.25 bits per heavy atom. The molecule has 0 radical (unpaired) electrons. The molecule has 5 aromatic rings. The Morgan fingerprint density at radius 2 is 1.57 bits per heavy atom. The van der Waals surface area contributed by atoms with Gasteiger partial charge in [0.1, 0.15) is 24.2 Å². The average molecular weight is 917 g/mol. The van der Waals surface area contributed by atoms with Gasteiger partial charge in [-0.2, -0.15) is 0 Å². The maximum atomic E-state index is 14.7. The first-order valence-electron chi connectivity index (χ1n) is 22.3. The van der Waals surface area contributed by atoms with E-state index < -0.39 is 60.1 Å². The van der Waals surface area contributed by atoms with Crippen LogP contribution in [0.2, 0.25) is 0 Å². The van der Waals surface area contributed by atoms with E-state index in [-0.39, 0.29) is 81.3 Å².